The maximum Gasteiger partial charge on any atom is 0.367 e. The average Bonchev–Trinajstić information content (AvgIpc) is 2.16. The third kappa shape index (κ3) is 4.56. The highest BCUT2D eigenvalue weighted by molar-refractivity contribution is 7.53. The first-order chi connectivity index (χ1) is 6.64. The second kappa shape index (κ2) is 5.87. The normalized spacial score (nSPS) is 23.3. The molecule has 84 valence electrons. The maximum atomic E-state index is 13.4. The predicted molar refractivity (Wildman–Crippen MR) is 56.4 cm³/mol. The van der Waals surface area contributed by atoms with Crippen LogP contribution in [0.1, 0.15) is 51.9 Å². The van der Waals surface area contributed by atoms with Gasteiger partial charge in [0.15, 0.2) is 0 Å². The Morgan fingerprint density at radius 1 is 1.36 bits per heavy atom. The molecule has 0 amide bonds. The lowest BCUT2D eigenvalue weighted by Crippen LogP contribution is -2.15. The highest BCUT2D eigenvalue weighted by Gasteiger charge is 2.27. The summed E-state index contributed by atoms with van der Waals surface area (Å²) in [7, 11) is -3.78. The maximum absolute atomic E-state index is 13.4. The molecule has 0 spiro atoms. The van der Waals surface area contributed by atoms with Gasteiger partial charge in [0.2, 0.25) is 0 Å². The molecule has 1 rings (SSSR count). The largest absolute Gasteiger partial charge is 0.367 e. The van der Waals surface area contributed by atoms with Crippen molar-refractivity contribution in [1.29, 1.82) is 0 Å². The van der Waals surface area contributed by atoms with Crippen molar-refractivity contribution in [2.24, 2.45) is 0 Å². The molecule has 0 aromatic rings. The second-order valence-electron chi connectivity index (χ2n) is 4.03. The first-order valence-electron chi connectivity index (χ1n) is 5.61. The summed E-state index contributed by atoms with van der Waals surface area (Å²) >= 11 is 0. The van der Waals surface area contributed by atoms with Crippen LogP contribution in [0.3, 0.4) is 0 Å². The summed E-state index contributed by atoms with van der Waals surface area (Å²) in [5, 5.41) is 0. The van der Waals surface area contributed by atoms with Crippen molar-refractivity contribution in [3.05, 3.63) is 0 Å². The van der Waals surface area contributed by atoms with Crippen molar-refractivity contribution in [1.82, 2.24) is 0 Å². The Kier molecular flexibility index (Phi) is 5.11. The Bertz CT molecular complexity index is 202. The minimum absolute atomic E-state index is 0.0866. The van der Waals surface area contributed by atoms with Crippen molar-refractivity contribution < 1.29 is 13.3 Å². The quantitative estimate of drug-likeness (QED) is 0.648. The fraction of sp³-hybridized carbons (Fsp3) is 1.00. The average molecular weight is 222 g/mol. The van der Waals surface area contributed by atoms with Crippen LogP contribution in [0.2, 0.25) is 0 Å². The SMILES string of the molecule is CCCCP(=O)(F)OC1CCCCC1. The smallest absolute Gasteiger partial charge is 0.302 e. The third-order valence-corrected chi connectivity index (χ3v) is 4.10. The Morgan fingerprint density at radius 2 is 2.00 bits per heavy atom. The van der Waals surface area contributed by atoms with Gasteiger partial charge >= 0.3 is 7.68 Å². The predicted octanol–water partition coefficient (Wildman–Crippen LogP) is 4.30. The van der Waals surface area contributed by atoms with E-state index in [2.05, 4.69) is 0 Å². The van der Waals surface area contributed by atoms with E-state index in [-0.39, 0.29) is 12.3 Å². The van der Waals surface area contributed by atoms with E-state index in [0.717, 1.165) is 32.1 Å². The molecular weight excluding hydrogens is 202 g/mol. The topological polar surface area (TPSA) is 26.3 Å². The number of rotatable bonds is 5. The van der Waals surface area contributed by atoms with Crippen LogP contribution in [0.15, 0.2) is 0 Å². The van der Waals surface area contributed by atoms with Crippen molar-refractivity contribution in [2.75, 3.05) is 6.16 Å². The Balaban J connectivity index is 2.29. The number of unbranched alkanes of at least 4 members (excludes halogenated alkanes) is 1. The fourth-order valence-electron chi connectivity index (χ4n) is 1.79. The summed E-state index contributed by atoms with van der Waals surface area (Å²) in [6.45, 7) is 1.96. The molecule has 1 atom stereocenters. The first-order valence-corrected chi connectivity index (χ1v) is 7.31. The zero-order valence-corrected chi connectivity index (χ0v) is 9.77. The van der Waals surface area contributed by atoms with Crippen LogP contribution in [0, 0.1) is 0 Å². The van der Waals surface area contributed by atoms with Gasteiger partial charge in [-0.05, 0) is 19.3 Å². The molecule has 1 fully saturated rings. The van der Waals surface area contributed by atoms with Crippen molar-refractivity contribution in [2.45, 2.75) is 58.0 Å². The number of halogens is 1. The summed E-state index contributed by atoms with van der Waals surface area (Å²) < 4.78 is 29.8. The summed E-state index contributed by atoms with van der Waals surface area (Å²) in [6.07, 6.45) is 6.64. The number of hydrogen-bond donors (Lipinski definition) is 0. The molecule has 0 radical (unpaired) electrons. The molecule has 0 aliphatic heterocycles. The zero-order valence-electron chi connectivity index (χ0n) is 8.88. The molecule has 0 aromatic heterocycles. The van der Waals surface area contributed by atoms with Gasteiger partial charge in [0.05, 0.1) is 12.3 Å². The van der Waals surface area contributed by atoms with Gasteiger partial charge in [0.25, 0.3) is 0 Å². The van der Waals surface area contributed by atoms with E-state index in [4.69, 9.17) is 4.52 Å². The van der Waals surface area contributed by atoms with Crippen LogP contribution in [0.4, 0.5) is 4.20 Å². The van der Waals surface area contributed by atoms with Gasteiger partial charge in [-0.2, -0.15) is 4.20 Å². The Morgan fingerprint density at radius 3 is 2.57 bits per heavy atom. The van der Waals surface area contributed by atoms with Crippen LogP contribution in [-0.4, -0.2) is 12.3 Å². The molecule has 1 aliphatic carbocycles. The third-order valence-electron chi connectivity index (χ3n) is 2.64. The Labute approximate surface area is 85.8 Å². The van der Waals surface area contributed by atoms with Crippen molar-refractivity contribution >= 4 is 7.68 Å². The minimum Gasteiger partial charge on any atom is -0.302 e. The molecule has 2 nitrogen and oxygen atoms in total. The molecule has 0 saturated heterocycles. The molecule has 0 heterocycles. The summed E-state index contributed by atoms with van der Waals surface area (Å²) in [5.74, 6) is 0. The molecule has 0 N–H and O–H groups in total. The summed E-state index contributed by atoms with van der Waals surface area (Å²) in [6, 6.07) is 0. The molecular formula is C10H20FO2P. The molecule has 14 heavy (non-hydrogen) atoms. The van der Waals surface area contributed by atoms with Gasteiger partial charge in [-0.25, -0.2) is 0 Å². The van der Waals surface area contributed by atoms with Crippen LogP contribution >= 0.6 is 7.68 Å². The number of hydrogen-bond acceptors (Lipinski definition) is 2. The standard InChI is InChI=1S/C10H20FO2P/c1-2-3-9-14(11,12)13-10-7-5-4-6-8-10/h10H,2-9H2,1H3. The lowest BCUT2D eigenvalue weighted by atomic mass is 9.98. The van der Waals surface area contributed by atoms with Crippen molar-refractivity contribution in [3.63, 3.8) is 0 Å². The van der Waals surface area contributed by atoms with Crippen LogP contribution in [-0.2, 0) is 9.09 Å². The molecule has 4 heteroatoms. The van der Waals surface area contributed by atoms with E-state index in [9.17, 15) is 8.76 Å². The lowest BCUT2D eigenvalue weighted by Gasteiger charge is -2.23. The van der Waals surface area contributed by atoms with Gasteiger partial charge in [-0.15, -0.1) is 0 Å². The van der Waals surface area contributed by atoms with Gasteiger partial charge in [-0.1, -0.05) is 32.6 Å². The molecule has 1 unspecified atom stereocenters. The van der Waals surface area contributed by atoms with E-state index in [1.807, 2.05) is 6.92 Å². The van der Waals surface area contributed by atoms with Crippen LogP contribution in [0.5, 0.6) is 0 Å². The summed E-state index contributed by atoms with van der Waals surface area (Å²) in [4.78, 5) is 0. The Hall–Kier alpha value is 0.120. The van der Waals surface area contributed by atoms with E-state index in [1.54, 1.807) is 0 Å². The zero-order chi connectivity index (χ0) is 10.4. The van der Waals surface area contributed by atoms with Crippen LogP contribution in [0.25, 0.3) is 0 Å². The van der Waals surface area contributed by atoms with Crippen molar-refractivity contribution in [3.8, 4) is 0 Å². The van der Waals surface area contributed by atoms with E-state index < -0.39 is 7.68 Å². The van der Waals surface area contributed by atoms with Gasteiger partial charge in [-0.3, -0.25) is 4.57 Å². The van der Waals surface area contributed by atoms with Gasteiger partial charge in [0, 0.05) is 0 Å². The molecule has 0 bridgehead atoms. The van der Waals surface area contributed by atoms with Gasteiger partial charge in [0.1, 0.15) is 0 Å². The fourth-order valence-corrected chi connectivity index (χ4v) is 3.25. The first kappa shape index (κ1) is 12.2. The summed E-state index contributed by atoms with van der Waals surface area (Å²) in [5.41, 5.74) is 0. The highest BCUT2D eigenvalue weighted by Crippen LogP contribution is 2.51. The van der Waals surface area contributed by atoms with Gasteiger partial charge < -0.3 is 4.52 Å². The molecule has 1 aliphatic rings. The van der Waals surface area contributed by atoms with E-state index in [0.29, 0.717) is 6.42 Å². The molecule has 1 saturated carbocycles. The molecule has 0 aromatic carbocycles. The van der Waals surface area contributed by atoms with E-state index >= 15 is 0 Å². The monoisotopic (exact) mass is 222 g/mol. The van der Waals surface area contributed by atoms with E-state index in [1.165, 1.54) is 6.42 Å². The lowest BCUT2D eigenvalue weighted by molar-refractivity contribution is 0.146. The van der Waals surface area contributed by atoms with Crippen LogP contribution < -0.4 is 0 Å². The second-order valence-corrected chi connectivity index (χ2v) is 5.87. The highest BCUT2D eigenvalue weighted by atomic mass is 31.2. The minimum atomic E-state index is -3.78.